The van der Waals surface area contributed by atoms with Crippen LogP contribution in [0.5, 0.6) is 0 Å². The zero-order valence-corrected chi connectivity index (χ0v) is 14.4. The van der Waals surface area contributed by atoms with Gasteiger partial charge in [-0.2, -0.15) is 0 Å². The van der Waals surface area contributed by atoms with Crippen LogP contribution in [-0.2, 0) is 6.42 Å². The maximum atomic E-state index is 10.5. The second-order valence-electron chi connectivity index (χ2n) is 6.24. The zero-order valence-electron chi connectivity index (χ0n) is 14.4. The number of rotatable bonds is 5. The Morgan fingerprint density at radius 3 is 2.21 bits per heavy atom. The molecule has 1 aliphatic rings. The third kappa shape index (κ3) is 5.75. The minimum atomic E-state index is -0.395. The highest BCUT2D eigenvalue weighted by molar-refractivity contribution is 5.19. The van der Waals surface area contributed by atoms with E-state index in [4.69, 9.17) is 5.11 Å². The number of aliphatic hydroxyl groups excluding tert-OH is 2. The molecule has 1 saturated heterocycles. The van der Waals surface area contributed by atoms with E-state index in [0.29, 0.717) is 6.04 Å². The molecule has 1 fully saturated rings. The number of benzene rings is 2. The van der Waals surface area contributed by atoms with Gasteiger partial charge in [-0.1, -0.05) is 60.7 Å². The molecule has 2 aromatic carbocycles. The summed E-state index contributed by atoms with van der Waals surface area (Å²) in [5.41, 5.74) is 2.41. The van der Waals surface area contributed by atoms with Crippen molar-refractivity contribution < 1.29 is 10.2 Å². The highest BCUT2D eigenvalue weighted by atomic mass is 16.3. The van der Waals surface area contributed by atoms with Crippen molar-refractivity contribution >= 4 is 0 Å². The maximum Gasteiger partial charge on any atom is 0.0943 e. The van der Waals surface area contributed by atoms with E-state index in [9.17, 15) is 5.11 Å². The van der Waals surface area contributed by atoms with Crippen LogP contribution in [-0.4, -0.2) is 28.9 Å². The molecule has 1 unspecified atom stereocenters. The molecular formula is C21H29NO2. The third-order valence-corrected chi connectivity index (χ3v) is 4.42. The van der Waals surface area contributed by atoms with Gasteiger partial charge in [0.25, 0.3) is 0 Å². The van der Waals surface area contributed by atoms with Gasteiger partial charge in [-0.3, -0.25) is 0 Å². The topological polar surface area (TPSA) is 52.5 Å². The van der Waals surface area contributed by atoms with Crippen molar-refractivity contribution in [3.05, 3.63) is 71.8 Å². The summed E-state index contributed by atoms with van der Waals surface area (Å²) in [7, 11) is 0. The first-order valence-corrected chi connectivity index (χ1v) is 8.88. The molecule has 3 atom stereocenters. The molecule has 2 aromatic rings. The normalized spacial score (nSPS) is 21.0. The first-order chi connectivity index (χ1) is 11.7. The van der Waals surface area contributed by atoms with Gasteiger partial charge in [0.2, 0.25) is 0 Å². The van der Waals surface area contributed by atoms with Gasteiger partial charge in [-0.05, 0) is 43.7 Å². The largest absolute Gasteiger partial charge is 0.397 e. The molecule has 0 aromatic heterocycles. The molecule has 0 radical (unpaired) electrons. The maximum absolute atomic E-state index is 10.5. The number of aryl methyl sites for hydroxylation is 1. The molecule has 1 heterocycles. The van der Waals surface area contributed by atoms with Crippen molar-refractivity contribution in [3.63, 3.8) is 0 Å². The van der Waals surface area contributed by atoms with E-state index in [1.165, 1.54) is 5.56 Å². The van der Waals surface area contributed by atoms with Gasteiger partial charge >= 0.3 is 0 Å². The van der Waals surface area contributed by atoms with Crippen LogP contribution in [0.2, 0.25) is 0 Å². The third-order valence-electron chi connectivity index (χ3n) is 4.42. The average molecular weight is 327 g/mol. The molecule has 3 nitrogen and oxygen atoms in total. The molecule has 3 N–H and O–H groups in total. The summed E-state index contributed by atoms with van der Waals surface area (Å²) in [6.45, 7) is 1.93. The molecule has 0 amide bonds. The van der Waals surface area contributed by atoms with Crippen molar-refractivity contribution in [2.45, 2.75) is 50.8 Å². The van der Waals surface area contributed by atoms with Crippen molar-refractivity contribution in [2.75, 3.05) is 6.61 Å². The van der Waals surface area contributed by atoms with E-state index >= 15 is 0 Å². The van der Waals surface area contributed by atoms with E-state index in [1.807, 2.05) is 30.3 Å². The van der Waals surface area contributed by atoms with Crippen LogP contribution in [0.3, 0.4) is 0 Å². The first kappa shape index (κ1) is 18.7. The van der Waals surface area contributed by atoms with E-state index in [-0.39, 0.29) is 12.6 Å². The summed E-state index contributed by atoms with van der Waals surface area (Å²) in [6, 6.07) is 21.3. The van der Waals surface area contributed by atoms with Crippen LogP contribution in [0.25, 0.3) is 0 Å². The molecule has 3 rings (SSSR count). The Labute approximate surface area is 145 Å². The van der Waals surface area contributed by atoms with Gasteiger partial charge in [0.1, 0.15) is 0 Å². The fourth-order valence-electron chi connectivity index (χ4n) is 3.19. The quantitative estimate of drug-likeness (QED) is 0.788. The lowest BCUT2D eigenvalue weighted by atomic mass is 10.0. The molecular weight excluding hydrogens is 298 g/mol. The Hall–Kier alpha value is -1.68. The van der Waals surface area contributed by atoms with E-state index in [1.54, 1.807) is 6.92 Å². The van der Waals surface area contributed by atoms with Crippen LogP contribution in [0, 0.1) is 0 Å². The number of hydrogen-bond donors (Lipinski definition) is 3. The Morgan fingerprint density at radius 1 is 1.00 bits per heavy atom. The molecule has 0 bridgehead atoms. The molecule has 3 heteroatoms. The van der Waals surface area contributed by atoms with E-state index in [2.05, 4.69) is 35.6 Å². The van der Waals surface area contributed by atoms with Crippen molar-refractivity contribution in [1.82, 2.24) is 5.32 Å². The van der Waals surface area contributed by atoms with Crippen molar-refractivity contribution in [3.8, 4) is 0 Å². The van der Waals surface area contributed by atoms with Crippen LogP contribution in [0.15, 0.2) is 60.7 Å². The van der Waals surface area contributed by atoms with Crippen molar-refractivity contribution in [2.24, 2.45) is 0 Å². The lowest BCUT2D eigenvalue weighted by Crippen LogP contribution is -2.34. The summed E-state index contributed by atoms with van der Waals surface area (Å²) >= 11 is 0. The fraction of sp³-hybridized carbons (Fsp3) is 0.429. The van der Waals surface area contributed by atoms with Crippen molar-refractivity contribution in [1.29, 1.82) is 0 Å². The minimum Gasteiger partial charge on any atom is -0.397 e. The van der Waals surface area contributed by atoms with Crippen LogP contribution in [0.1, 0.15) is 43.4 Å². The van der Waals surface area contributed by atoms with E-state index in [0.717, 1.165) is 31.2 Å². The molecule has 1 aliphatic heterocycles. The Morgan fingerprint density at radius 2 is 1.58 bits per heavy atom. The molecule has 24 heavy (non-hydrogen) atoms. The predicted molar refractivity (Wildman–Crippen MR) is 98.9 cm³/mol. The zero-order chi connectivity index (χ0) is 17.2. The minimum absolute atomic E-state index is 0.188. The summed E-state index contributed by atoms with van der Waals surface area (Å²) in [5.74, 6) is 0. The molecule has 0 spiro atoms. The lowest BCUT2D eigenvalue weighted by molar-refractivity contribution is 0.135. The van der Waals surface area contributed by atoms with E-state index < -0.39 is 6.10 Å². The summed E-state index contributed by atoms with van der Waals surface area (Å²) < 4.78 is 0. The smallest absolute Gasteiger partial charge is 0.0943 e. The second-order valence-corrected chi connectivity index (χ2v) is 6.24. The fourth-order valence-corrected chi connectivity index (χ4v) is 3.19. The number of nitrogens with one attached hydrogen (secondary N) is 1. The van der Waals surface area contributed by atoms with Gasteiger partial charge < -0.3 is 15.5 Å². The Kier molecular flexibility index (Phi) is 7.96. The second kappa shape index (κ2) is 10.2. The molecule has 0 aliphatic carbocycles. The summed E-state index contributed by atoms with van der Waals surface area (Å²) in [6.07, 6.45) is 4.05. The lowest BCUT2D eigenvalue weighted by Gasteiger charge is -2.20. The van der Waals surface area contributed by atoms with Gasteiger partial charge in [0.15, 0.2) is 0 Å². The SMILES string of the molecule is CCO.OC(c1ccccc1)[C@@H]1CC[C@H](CCc2ccccc2)N1. The van der Waals surface area contributed by atoms with Crippen LogP contribution >= 0.6 is 0 Å². The average Bonchev–Trinajstić information content (AvgIpc) is 3.11. The van der Waals surface area contributed by atoms with Gasteiger partial charge in [-0.25, -0.2) is 0 Å². The Bertz CT molecular complexity index is 559. The van der Waals surface area contributed by atoms with Gasteiger partial charge in [-0.15, -0.1) is 0 Å². The van der Waals surface area contributed by atoms with Gasteiger partial charge in [0.05, 0.1) is 6.10 Å². The Balaban J connectivity index is 0.000000647. The molecule has 130 valence electrons. The number of aliphatic hydroxyl groups is 2. The predicted octanol–water partition coefficient (Wildman–Crippen LogP) is 3.47. The monoisotopic (exact) mass is 327 g/mol. The summed E-state index contributed by atoms with van der Waals surface area (Å²) in [4.78, 5) is 0. The van der Waals surface area contributed by atoms with Crippen LogP contribution < -0.4 is 5.32 Å². The van der Waals surface area contributed by atoms with Crippen LogP contribution in [0.4, 0.5) is 0 Å². The highest BCUT2D eigenvalue weighted by Gasteiger charge is 2.29. The highest BCUT2D eigenvalue weighted by Crippen LogP contribution is 2.26. The first-order valence-electron chi connectivity index (χ1n) is 8.88. The standard InChI is InChI=1S/C19H23NO.C2H6O/c21-19(16-9-5-2-6-10-16)18-14-13-17(20-18)12-11-15-7-3-1-4-8-15;1-2-3/h1-10,17-21H,11-14H2;3H,2H2,1H3/t17-,18-,19?;/m0./s1. The van der Waals surface area contributed by atoms with Gasteiger partial charge in [0, 0.05) is 18.7 Å². The number of hydrogen-bond acceptors (Lipinski definition) is 3. The summed E-state index contributed by atoms with van der Waals surface area (Å²) in [5, 5.41) is 21.6. The molecule has 0 saturated carbocycles.